The van der Waals surface area contributed by atoms with Crippen molar-refractivity contribution in [1.29, 1.82) is 0 Å². The van der Waals surface area contributed by atoms with Crippen molar-refractivity contribution < 1.29 is 32.6 Å². The first-order valence-corrected chi connectivity index (χ1v) is 10.7. The molecule has 4 amide bonds. The highest BCUT2D eigenvalue weighted by Crippen LogP contribution is 2.31. The molecule has 0 spiro atoms. The van der Waals surface area contributed by atoms with Crippen LogP contribution in [0.3, 0.4) is 0 Å². The third-order valence-corrected chi connectivity index (χ3v) is 5.08. The minimum atomic E-state index is -1.04. The van der Waals surface area contributed by atoms with Crippen LogP contribution in [0.1, 0.15) is 18.1 Å². The summed E-state index contributed by atoms with van der Waals surface area (Å²) in [5, 5.41) is 2.06. The molecule has 0 unspecified atom stereocenters. The van der Waals surface area contributed by atoms with Crippen LogP contribution in [0.15, 0.2) is 72.3 Å². The fraction of sp³-hybridized carbons (Fsp3) is 0.115. The van der Waals surface area contributed by atoms with Crippen molar-refractivity contribution in [3.05, 3.63) is 95.1 Å². The van der Waals surface area contributed by atoms with Crippen molar-refractivity contribution in [3.63, 3.8) is 0 Å². The Bertz CT molecular complexity index is 1320. The van der Waals surface area contributed by atoms with Crippen LogP contribution in [0.5, 0.6) is 11.5 Å². The van der Waals surface area contributed by atoms with Gasteiger partial charge in [-0.1, -0.05) is 30.3 Å². The fourth-order valence-corrected chi connectivity index (χ4v) is 3.42. The normalized spacial score (nSPS) is 14.8. The van der Waals surface area contributed by atoms with Crippen molar-refractivity contribution in [2.24, 2.45) is 0 Å². The van der Waals surface area contributed by atoms with E-state index in [1.54, 1.807) is 37.3 Å². The van der Waals surface area contributed by atoms with Crippen LogP contribution in [0.4, 0.5) is 19.3 Å². The van der Waals surface area contributed by atoms with E-state index in [9.17, 15) is 23.2 Å². The summed E-state index contributed by atoms with van der Waals surface area (Å²) in [6.07, 6.45) is 1.28. The molecule has 1 N–H and O–H groups in total. The number of amides is 4. The van der Waals surface area contributed by atoms with Gasteiger partial charge in [0.05, 0.1) is 12.3 Å². The predicted molar refractivity (Wildman–Crippen MR) is 124 cm³/mol. The van der Waals surface area contributed by atoms with Crippen LogP contribution >= 0.6 is 0 Å². The third-order valence-electron chi connectivity index (χ3n) is 5.08. The number of urea groups is 1. The average Bonchev–Trinajstić information content (AvgIpc) is 2.83. The molecule has 9 heteroatoms. The summed E-state index contributed by atoms with van der Waals surface area (Å²) < 4.78 is 38.8. The highest BCUT2D eigenvalue weighted by Gasteiger charge is 2.38. The average molecular weight is 478 g/mol. The summed E-state index contributed by atoms with van der Waals surface area (Å²) in [6, 6.07) is 14.9. The highest BCUT2D eigenvalue weighted by molar-refractivity contribution is 6.39. The summed E-state index contributed by atoms with van der Waals surface area (Å²) in [4.78, 5) is 38.3. The van der Waals surface area contributed by atoms with Gasteiger partial charge in [0, 0.05) is 0 Å². The van der Waals surface area contributed by atoms with Crippen molar-refractivity contribution in [2.75, 3.05) is 11.5 Å². The molecule has 1 aliphatic rings. The summed E-state index contributed by atoms with van der Waals surface area (Å²) in [6.45, 7) is 2.27. The van der Waals surface area contributed by atoms with Crippen LogP contribution in [0.25, 0.3) is 6.08 Å². The van der Waals surface area contributed by atoms with Gasteiger partial charge in [0.2, 0.25) is 0 Å². The summed E-state index contributed by atoms with van der Waals surface area (Å²) in [7, 11) is 0. The van der Waals surface area contributed by atoms with Gasteiger partial charge in [0.1, 0.15) is 23.8 Å². The lowest BCUT2D eigenvalue weighted by molar-refractivity contribution is -0.122. The second-order valence-corrected chi connectivity index (χ2v) is 7.46. The van der Waals surface area contributed by atoms with E-state index < -0.39 is 23.7 Å². The van der Waals surface area contributed by atoms with E-state index in [1.807, 2.05) is 0 Å². The van der Waals surface area contributed by atoms with Crippen LogP contribution in [-0.2, 0) is 16.2 Å². The number of nitrogens with one attached hydrogen (secondary N) is 1. The number of ether oxygens (including phenoxy) is 2. The number of barbiturate groups is 1. The van der Waals surface area contributed by atoms with Gasteiger partial charge in [-0.05, 0) is 60.5 Å². The fourth-order valence-electron chi connectivity index (χ4n) is 3.42. The molecule has 3 aromatic rings. The van der Waals surface area contributed by atoms with Crippen molar-refractivity contribution in [3.8, 4) is 11.5 Å². The van der Waals surface area contributed by atoms with Gasteiger partial charge >= 0.3 is 6.03 Å². The maximum Gasteiger partial charge on any atom is 0.336 e. The molecule has 4 rings (SSSR count). The van der Waals surface area contributed by atoms with Gasteiger partial charge in [0.25, 0.3) is 11.8 Å². The summed E-state index contributed by atoms with van der Waals surface area (Å²) in [5.41, 5.74) is 0.551. The van der Waals surface area contributed by atoms with Crippen LogP contribution in [-0.4, -0.2) is 24.5 Å². The topological polar surface area (TPSA) is 84.9 Å². The minimum absolute atomic E-state index is 0.168. The number of carbonyl (C=O) groups is 3. The second kappa shape index (κ2) is 10.2. The number of nitrogens with zero attached hydrogens (tertiary/aromatic N) is 1. The Morgan fingerprint density at radius 1 is 0.914 bits per heavy atom. The standard InChI is InChI=1S/C26H20F2N2O5/c1-2-34-23-14-17(9-12-22(23)35-15-16-7-10-18(27)11-8-16)13-19-24(31)29-26(33)30(25(19)32)21-6-4-3-5-20(21)28/h3-14H,2,15H2,1H3,(H,29,31,33). The number of benzene rings is 3. The summed E-state index contributed by atoms with van der Waals surface area (Å²) >= 11 is 0. The van der Waals surface area contributed by atoms with Crippen molar-refractivity contribution >= 4 is 29.6 Å². The Balaban J connectivity index is 1.61. The molecule has 1 aliphatic heterocycles. The Hall–Kier alpha value is -4.53. The maximum absolute atomic E-state index is 14.2. The molecule has 0 bridgehead atoms. The van der Waals surface area contributed by atoms with E-state index >= 15 is 0 Å². The molecule has 3 aromatic carbocycles. The lowest BCUT2D eigenvalue weighted by Gasteiger charge is -2.26. The van der Waals surface area contributed by atoms with Gasteiger partial charge in [-0.2, -0.15) is 0 Å². The predicted octanol–water partition coefficient (Wildman–Crippen LogP) is 4.61. The first-order valence-electron chi connectivity index (χ1n) is 10.7. The molecular formula is C26H20F2N2O5. The maximum atomic E-state index is 14.2. The van der Waals surface area contributed by atoms with Crippen molar-refractivity contribution in [2.45, 2.75) is 13.5 Å². The molecule has 35 heavy (non-hydrogen) atoms. The van der Waals surface area contributed by atoms with E-state index in [1.165, 1.54) is 36.4 Å². The third kappa shape index (κ3) is 5.19. The lowest BCUT2D eigenvalue weighted by Crippen LogP contribution is -2.54. The number of para-hydroxylation sites is 1. The smallest absolute Gasteiger partial charge is 0.336 e. The number of rotatable bonds is 7. The molecule has 1 heterocycles. The summed E-state index contributed by atoms with van der Waals surface area (Å²) in [5.74, 6) is -2.24. The zero-order valence-electron chi connectivity index (χ0n) is 18.6. The minimum Gasteiger partial charge on any atom is -0.490 e. The van der Waals surface area contributed by atoms with E-state index in [0.29, 0.717) is 28.6 Å². The van der Waals surface area contributed by atoms with Crippen molar-refractivity contribution in [1.82, 2.24) is 5.32 Å². The van der Waals surface area contributed by atoms with Crippen LogP contribution < -0.4 is 19.7 Å². The van der Waals surface area contributed by atoms with Gasteiger partial charge in [0.15, 0.2) is 11.5 Å². The molecule has 1 fully saturated rings. The van der Waals surface area contributed by atoms with Gasteiger partial charge in [-0.3, -0.25) is 14.9 Å². The molecule has 0 radical (unpaired) electrons. The number of anilines is 1. The highest BCUT2D eigenvalue weighted by atomic mass is 19.1. The number of imide groups is 2. The van der Waals surface area contributed by atoms with Gasteiger partial charge < -0.3 is 9.47 Å². The molecule has 178 valence electrons. The van der Waals surface area contributed by atoms with E-state index in [4.69, 9.17) is 9.47 Å². The Labute approximate surface area is 199 Å². The van der Waals surface area contributed by atoms with Crippen LogP contribution in [0, 0.1) is 11.6 Å². The molecular weight excluding hydrogens is 458 g/mol. The number of hydrogen-bond acceptors (Lipinski definition) is 5. The van der Waals surface area contributed by atoms with E-state index in [0.717, 1.165) is 11.6 Å². The van der Waals surface area contributed by atoms with E-state index in [-0.39, 0.29) is 23.7 Å². The molecule has 0 atom stereocenters. The Morgan fingerprint density at radius 2 is 1.66 bits per heavy atom. The zero-order valence-corrected chi connectivity index (χ0v) is 18.6. The Morgan fingerprint density at radius 3 is 2.37 bits per heavy atom. The molecule has 0 saturated carbocycles. The van der Waals surface area contributed by atoms with Gasteiger partial charge in [-0.15, -0.1) is 0 Å². The number of halogens is 2. The molecule has 1 saturated heterocycles. The first-order chi connectivity index (χ1) is 16.9. The van der Waals surface area contributed by atoms with Gasteiger partial charge in [-0.25, -0.2) is 18.5 Å². The molecule has 0 aromatic heterocycles. The number of carbonyl (C=O) groups excluding carboxylic acids is 3. The SMILES string of the molecule is CCOc1cc(C=C2C(=O)NC(=O)N(c3ccccc3F)C2=O)ccc1OCc1ccc(F)cc1. The molecule has 0 aliphatic carbocycles. The quantitative estimate of drug-likeness (QED) is 0.396. The monoisotopic (exact) mass is 478 g/mol. The zero-order chi connectivity index (χ0) is 24.9. The Kier molecular flexibility index (Phi) is 6.86. The molecule has 7 nitrogen and oxygen atoms in total. The first kappa shape index (κ1) is 23.6. The second-order valence-electron chi connectivity index (χ2n) is 7.46. The number of hydrogen-bond donors (Lipinski definition) is 1. The van der Waals surface area contributed by atoms with E-state index in [2.05, 4.69) is 5.32 Å². The largest absolute Gasteiger partial charge is 0.490 e. The lowest BCUT2D eigenvalue weighted by atomic mass is 10.1. The van der Waals surface area contributed by atoms with Crippen LogP contribution in [0.2, 0.25) is 0 Å².